The number of piperazine rings is 1. The van der Waals surface area contributed by atoms with Crippen LogP contribution in [0.15, 0.2) is 10.6 Å². The predicted molar refractivity (Wildman–Crippen MR) is 90.0 cm³/mol. The summed E-state index contributed by atoms with van der Waals surface area (Å²) in [5.74, 6) is 0.800. The topological polar surface area (TPSA) is 85.4 Å². The Labute approximate surface area is 143 Å². The molecular formula is C17H27N5O2. The number of carbonyl (C=O) groups excluding carboxylic acids is 1. The lowest BCUT2D eigenvalue weighted by Crippen LogP contribution is -2.54. The van der Waals surface area contributed by atoms with E-state index in [0.717, 1.165) is 44.2 Å². The number of nitrogens with one attached hydrogen (secondary N) is 1. The number of hydrogen-bond donors (Lipinski definition) is 1. The van der Waals surface area contributed by atoms with Gasteiger partial charge in [0.2, 0.25) is 5.91 Å². The Bertz CT molecular complexity index is 598. The summed E-state index contributed by atoms with van der Waals surface area (Å²) in [4.78, 5) is 16.7. The molecule has 7 nitrogen and oxygen atoms in total. The molecule has 1 N–H and O–H groups in total. The fraction of sp³-hybridized carbons (Fsp3) is 0.706. The van der Waals surface area contributed by atoms with E-state index in [-0.39, 0.29) is 11.8 Å². The number of aryl methyl sites for hydroxylation is 1. The van der Waals surface area contributed by atoms with Crippen LogP contribution in [0, 0.1) is 24.2 Å². The van der Waals surface area contributed by atoms with Gasteiger partial charge >= 0.3 is 0 Å². The monoisotopic (exact) mass is 333 g/mol. The highest BCUT2D eigenvalue weighted by Gasteiger charge is 2.30. The molecule has 0 aromatic carbocycles. The van der Waals surface area contributed by atoms with Crippen LogP contribution in [-0.4, -0.2) is 59.1 Å². The molecule has 7 heteroatoms. The van der Waals surface area contributed by atoms with Gasteiger partial charge in [-0.05, 0) is 19.8 Å². The molecular weight excluding hydrogens is 306 g/mol. The molecule has 1 fully saturated rings. The second-order valence-corrected chi connectivity index (χ2v) is 7.00. The summed E-state index contributed by atoms with van der Waals surface area (Å²) in [7, 11) is 0. The molecule has 1 atom stereocenters. The molecule has 1 aromatic heterocycles. The van der Waals surface area contributed by atoms with E-state index in [4.69, 9.17) is 4.52 Å². The second kappa shape index (κ2) is 7.77. The van der Waals surface area contributed by atoms with E-state index in [1.54, 1.807) is 6.92 Å². The minimum atomic E-state index is -0.816. The summed E-state index contributed by atoms with van der Waals surface area (Å²) in [6.07, 6.45) is 0. The molecule has 1 aliphatic rings. The van der Waals surface area contributed by atoms with Crippen molar-refractivity contribution in [2.75, 3.05) is 32.7 Å². The third-order valence-electron chi connectivity index (χ3n) is 4.68. The van der Waals surface area contributed by atoms with Gasteiger partial charge in [0.1, 0.15) is 11.3 Å². The Morgan fingerprint density at radius 2 is 2.04 bits per heavy atom. The third kappa shape index (κ3) is 4.79. The lowest BCUT2D eigenvalue weighted by molar-refractivity contribution is -0.124. The average molecular weight is 333 g/mol. The molecule has 0 aliphatic carbocycles. The Kier molecular flexibility index (Phi) is 5.97. The predicted octanol–water partition coefficient (Wildman–Crippen LogP) is 1.16. The molecule has 2 heterocycles. The number of aromatic nitrogens is 1. The lowest BCUT2D eigenvalue weighted by Gasteiger charge is -2.35. The summed E-state index contributed by atoms with van der Waals surface area (Å²) in [6, 6.07) is 4.16. The highest BCUT2D eigenvalue weighted by molar-refractivity contribution is 5.79. The minimum Gasteiger partial charge on any atom is -0.361 e. The van der Waals surface area contributed by atoms with E-state index in [9.17, 15) is 10.1 Å². The van der Waals surface area contributed by atoms with Gasteiger partial charge in [0, 0.05) is 38.8 Å². The zero-order chi connectivity index (χ0) is 17.7. The van der Waals surface area contributed by atoms with Crippen LogP contribution in [0.1, 0.15) is 32.2 Å². The third-order valence-corrected chi connectivity index (χ3v) is 4.68. The first-order chi connectivity index (χ1) is 11.3. The SMILES string of the molecule is Cc1cc(CN2CCN(CC(=O)NC(C)(C#N)C(C)C)CC2)no1. The Hall–Kier alpha value is -1.91. The van der Waals surface area contributed by atoms with Crippen molar-refractivity contribution in [1.82, 2.24) is 20.3 Å². The van der Waals surface area contributed by atoms with Gasteiger partial charge in [0.05, 0.1) is 18.3 Å². The summed E-state index contributed by atoms with van der Waals surface area (Å²) in [5.41, 5.74) is 0.129. The van der Waals surface area contributed by atoms with Gasteiger partial charge in [-0.3, -0.25) is 14.6 Å². The first kappa shape index (κ1) is 18.4. The van der Waals surface area contributed by atoms with E-state index >= 15 is 0 Å². The first-order valence-corrected chi connectivity index (χ1v) is 8.41. The van der Waals surface area contributed by atoms with Crippen LogP contribution < -0.4 is 5.32 Å². The largest absolute Gasteiger partial charge is 0.361 e. The summed E-state index contributed by atoms with van der Waals surface area (Å²) in [6.45, 7) is 12.1. The molecule has 1 saturated heterocycles. The summed E-state index contributed by atoms with van der Waals surface area (Å²) in [5, 5.41) is 16.2. The molecule has 0 saturated carbocycles. The van der Waals surface area contributed by atoms with Gasteiger partial charge in [-0.25, -0.2) is 0 Å². The maximum atomic E-state index is 12.2. The maximum absolute atomic E-state index is 12.2. The molecule has 1 unspecified atom stereocenters. The fourth-order valence-electron chi connectivity index (χ4n) is 2.66. The van der Waals surface area contributed by atoms with E-state index in [2.05, 4.69) is 26.3 Å². The Morgan fingerprint density at radius 3 is 2.54 bits per heavy atom. The molecule has 132 valence electrons. The molecule has 0 bridgehead atoms. The van der Waals surface area contributed by atoms with Crippen LogP contribution in [-0.2, 0) is 11.3 Å². The molecule has 24 heavy (non-hydrogen) atoms. The molecule has 2 rings (SSSR count). The van der Waals surface area contributed by atoms with Crippen molar-refractivity contribution < 1.29 is 9.32 Å². The number of nitrogens with zero attached hydrogens (tertiary/aromatic N) is 4. The van der Waals surface area contributed by atoms with Crippen molar-refractivity contribution in [2.45, 2.75) is 39.8 Å². The van der Waals surface area contributed by atoms with Crippen LogP contribution in [0.25, 0.3) is 0 Å². The second-order valence-electron chi connectivity index (χ2n) is 7.00. The van der Waals surface area contributed by atoms with Crippen molar-refractivity contribution >= 4 is 5.91 Å². The van der Waals surface area contributed by atoms with Gasteiger partial charge in [-0.15, -0.1) is 0 Å². The molecule has 1 aromatic rings. The van der Waals surface area contributed by atoms with Crippen LogP contribution in [0.5, 0.6) is 0 Å². The van der Waals surface area contributed by atoms with Crippen LogP contribution >= 0.6 is 0 Å². The van der Waals surface area contributed by atoms with E-state index in [1.807, 2.05) is 26.8 Å². The minimum absolute atomic E-state index is 0.0641. The van der Waals surface area contributed by atoms with Gasteiger partial charge in [0.25, 0.3) is 0 Å². The molecule has 1 aliphatic heterocycles. The average Bonchev–Trinajstić information content (AvgIpc) is 2.94. The number of carbonyl (C=O) groups is 1. The van der Waals surface area contributed by atoms with Crippen LogP contribution in [0.2, 0.25) is 0 Å². The number of nitriles is 1. The lowest BCUT2D eigenvalue weighted by atomic mass is 9.90. The van der Waals surface area contributed by atoms with E-state index < -0.39 is 5.54 Å². The van der Waals surface area contributed by atoms with Crippen LogP contribution in [0.3, 0.4) is 0 Å². The van der Waals surface area contributed by atoms with E-state index in [0.29, 0.717) is 6.54 Å². The highest BCUT2D eigenvalue weighted by atomic mass is 16.5. The zero-order valence-electron chi connectivity index (χ0n) is 15.0. The van der Waals surface area contributed by atoms with Gasteiger partial charge in [-0.1, -0.05) is 19.0 Å². The fourth-order valence-corrected chi connectivity index (χ4v) is 2.66. The normalized spacial score (nSPS) is 19.0. The van der Waals surface area contributed by atoms with Crippen molar-refractivity contribution in [2.24, 2.45) is 5.92 Å². The standard InChI is InChI=1S/C17H27N5O2/c1-13(2)17(4,12-18)19-16(23)11-22-7-5-21(6-8-22)10-15-9-14(3)24-20-15/h9,13H,5-8,10-11H2,1-4H3,(H,19,23). The van der Waals surface area contributed by atoms with E-state index in [1.165, 1.54) is 0 Å². The number of rotatable bonds is 6. The van der Waals surface area contributed by atoms with Gasteiger partial charge in [-0.2, -0.15) is 5.26 Å². The van der Waals surface area contributed by atoms with Crippen LogP contribution in [0.4, 0.5) is 0 Å². The van der Waals surface area contributed by atoms with Gasteiger partial charge < -0.3 is 9.84 Å². The van der Waals surface area contributed by atoms with Crippen molar-refractivity contribution in [3.63, 3.8) is 0 Å². The zero-order valence-corrected chi connectivity index (χ0v) is 15.0. The maximum Gasteiger partial charge on any atom is 0.235 e. The Morgan fingerprint density at radius 1 is 1.42 bits per heavy atom. The number of amides is 1. The summed E-state index contributed by atoms with van der Waals surface area (Å²) >= 11 is 0. The Balaban J connectivity index is 1.76. The van der Waals surface area contributed by atoms with Crippen molar-refractivity contribution in [1.29, 1.82) is 5.26 Å². The summed E-state index contributed by atoms with van der Waals surface area (Å²) < 4.78 is 5.09. The first-order valence-electron chi connectivity index (χ1n) is 8.41. The quantitative estimate of drug-likeness (QED) is 0.841. The van der Waals surface area contributed by atoms with Crippen molar-refractivity contribution in [3.05, 3.63) is 17.5 Å². The van der Waals surface area contributed by atoms with Crippen molar-refractivity contribution in [3.8, 4) is 6.07 Å². The smallest absolute Gasteiger partial charge is 0.235 e. The highest BCUT2D eigenvalue weighted by Crippen LogP contribution is 2.15. The molecule has 0 spiro atoms. The molecule has 0 radical (unpaired) electrons. The molecule has 1 amide bonds. The van der Waals surface area contributed by atoms with Gasteiger partial charge in [0.15, 0.2) is 0 Å². The number of hydrogen-bond acceptors (Lipinski definition) is 6.